The summed E-state index contributed by atoms with van der Waals surface area (Å²) in [6, 6.07) is 14.0. The molecule has 2 heterocycles. The molecule has 0 unspecified atom stereocenters. The molecular formula is C21H22FN3O. The number of fused-ring (bicyclic) bond motifs is 1. The second-order valence-corrected chi connectivity index (χ2v) is 7.07. The van der Waals surface area contributed by atoms with Crippen LogP contribution >= 0.6 is 0 Å². The molecule has 0 atom stereocenters. The Bertz CT molecular complexity index is 924. The van der Waals surface area contributed by atoms with E-state index >= 15 is 0 Å². The van der Waals surface area contributed by atoms with Crippen LogP contribution in [0.3, 0.4) is 0 Å². The van der Waals surface area contributed by atoms with Gasteiger partial charge in [-0.15, -0.1) is 0 Å². The summed E-state index contributed by atoms with van der Waals surface area (Å²) in [5, 5.41) is 3.83. The molecule has 26 heavy (non-hydrogen) atoms. The first-order valence-corrected chi connectivity index (χ1v) is 8.96. The lowest BCUT2D eigenvalue weighted by Gasteiger charge is -2.29. The van der Waals surface area contributed by atoms with E-state index in [-0.39, 0.29) is 11.7 Å². The first-order chi connectivity index (χ1) is 12.6. The third-order valence-electron chi connectivity index (χ3n) is 5.18. The number of piperidine rings is 1. The summed E-state index contributed by atoms with van der Waals surface area (Å²) in [6.45, 7) is 2.25. The highest BCUT2D eigenvalue weighted by Gasteiger charge is 2.19. The van der Waals surface area contributed by atoms with E-state index in [0.717, 1.165) is 24.0 Å². The lowest BCUT2D eigenvalue weighted by molar-refractivity contribution is 0.102. The minimum absolute atomic E-state index is 0.228. The molecule has 134 valence electrons. The van der Waals surface area contributed by atoms with Crippen molar-refractivity contribution in [1.29, 1.82) is 0 Å². The van der Waals surface area contributed by atoms with Crippen molar-refractivity contribution in [3.05, 3.63) is 65.6 Å². The van der Waals surface area contributed by atoms with Gasteiger partial charge in [0.2, 0.25) is 0 Å². The van der Waals surface area contributed by atoms with Crippen LogP contribution in [0.15, 0.2) is 48.5 Å². The molecule has 4 nitrogen and oxygen atoms in total. The molecule has 0 bridgehead atoms. The summed E-state index contributed by atoms with van der Waals surface area (Å²) in [4.78, 5) is 18.0. The summed E-state index contributed by atoms with van der Waals surface area (Å²) in [5.74, 6) is 0.0330. The third-order valence-corrected chi connectivity index (χ3v) is 5.18. The minimum Gasteiger partial charge on any atom is -0.351 e. The fraction of sp³-hybridized carbons (Fsp3) is 0.286. The predicted octanol–water partition coefficient (Wildman–Crippen LogP) is 4.37. The Balaban J connectivity index is 1.53. The summed E-state index contributed by atoms with van der Waals surface area (Å²) in [5.41, 5.74) is 3.37. The molecule has 1 aliphatic heterocycles. The second-order valence-electron chi connectivity index (χ2n) is 7.07. The molecule has 2 aromatic carbocycles. The van der Waals surface area contributed by atoms with Crippen molar-refractivity contribution >= 4 is 22.5 Å². The average molecular weight is 351 g/mol. The number of rotatable bonds is 3. The van der Waals surface area contributed by atoms with Gasteiger partial charge in [0.1, 0.15) is 11.5 Å². The van der Waals surface area contributed by atoms with E-state index in [1.54, 1.807) is 12.1 Å². The van der Waals surface area contributed by atoms with E-state index < -0.39 is 0 Å². The van der Waals surface area contributed by atoms with Crippen LogP contribution in [0.25, 0.3) is 10.9 Å². The number of aromatic amines is 1. The molecule has 1 aromatic heterocycles. The van der Waals surface area contributed by atoms with Crippen LogP contribution in [-0.2, 0) is 0 Å². The second kappa shape index (κ2) is 6.92. The molecule has 5 heteroatoms. The van der Waals surface area contributed by atoms with E-state index in [4.69, 9.17) is 0 Å². The fourth-order valence-electron chi connectivity index (χ4n) is 3.60. The Morgan fingerprint density at radius 2 is 1.85 bits per heavy atom. The predicted molar refractivity (Wildman–Crippen MR) is 102 cm³/mol. The summed E-state index contributed by atoms with van der Waals surface area (Å²) >= 11 is 0. The van der Waals surface area contributed by atoms with E-state index in [0.29, 0.717) is 17.3 Å². The topological polar surface area (TPSA) is 48.1 Å². The lowest BCUT2D eigenvalue weighted by atomic mass is 9.89. The molecule has 1 saturated heterocycles. The molecule has 4 rings (SSSR count). The maximum absolute atomic E-state index is 13.0. The van der Waals surface area contributed by atoms with Gasteiger partial charge in [0, 0.05) is 16.6 Å². The molecule has 3 aromatic rings. The number of halogens is 1. The molecule has 1 fully saturated rings. The molecule has 0 aliphatic carbocycles. The summed E-state index contributed by atoms with van der Waals surface area (Å²) < 4.78 is 13.0. The van der Waals surface area contributed by atoms with Gasteiger partial charge in [-0.3, -0.25) is 4.79 Å². The van der Waals surface area contributed by atoms with E-state index in [2.05, 4.69) is 40.4 Å². The van der Waals surface area contributed by atoms with Gasteiger partial charge in [0.15, 0.2) is 0 Å². The first-order valence-electron chi connectivity index (χ1n) is 8.96. The van der Waals surface area contributed by atoms with Crippen LogP contribution in [0.4, 0.5) is 10.1 Å². The monoisotopic (exact) mass is 351 g/mol. The molecule has 0 saturated carbocycles. The van der Waals surface area contributed by atoms with Gasteiger partial charge in [0.25, 0.3) is 5.91 Å². The number of H-pyrrole nitrogens is 1. The van der Waals surface area contributed by atoms with Crippen LogP contribution < -0.4 is 5.32 Å². The molecule has 0 spiro atoms. The van der Waals surface area contributed by atoms with Crippen LogP contribution in [0.2, 0.25) is 0 Å². The van der Waals surface area contributed by atoms with Gasteiger partial charge in [-0.25, -0.2) is 4.39 Å². The molecular weight excluding hydrogens is 329 g/mol. The van der Waals surface area contributed by atoms with Crippen molar-refractivity contribution in [2.75, 3.05) is 25.5 Å². The molecule has 1 aliphatic rings. The SMILES string of the molecule is CN1CCC(c2ccc3[nH]c(C(=O)Nc4ccc(F)cc4)cc3c2)CC1. The quantitative estimate of drug-likeness (QED) is 0.736. The average Bonchev–Trinajstić information content (AvgIpc) is 3.08. The van der Waals surface area contributed by atoms with Gasteiger partial charge in [-0.05, 0) is 86.9 Å². The highest BCUT2D eigenvalue weighted by Crippen LogP contribution is 2.30. The van der Waals surface area contributed by atoms with Crippen molar-refractivity contribution in [2.45, 2.75) is 18.8 Å². The number of hydrogen-bond acceptors (Lipinski definition) is 2. The minimum atomic E-state index is -0.324. The van der Waals surface area contributed by atoms with Gasteiger partial charge in [-0.2, -0.15) is 0 Å². The Labute approximate surface area is 152 Å². The smallest absolute Gasteiger partial charge is 0.272 e. The summed E-state index contributed by atoms with van der Waals surface area (Å²) in [6.07, 6.45) is 2.34. The number of benzene rings is 2. The van der Waals surface area contributed by atoms with Gasteiger partial charge >= 0.3 is 0 Å². The first kappa shape index (κ1) is 16.8. The van der Waals surface area contributed by atoms with E-state index in [1.807, 2.05) is 6.07 Å². The van der Waals surface area contributed by atoms with E-state index in [1.165, 1.54) is 30.5 Å². The lowest BCUT2D eigenvalue weighted by Crippen LogP contribution is -2.29. The van der Waals surface area contributed by atoms with Crippen LogP contribution in [0.5, 0.6) is 0 Å². The number of carbonyl (C=O) groups is 1. The van der Waals surface area contributed by atoms with Gasteiger partial charge < -0.3 is 15.2 Å². The van der Waals surface area contributed by atoms with Crippen molar-refractivity contribution < 1.29 is 9.18 Å². The number of nitrogens with zero attached hydrogens (tertiary/aromatic N) is 1. The van der Waals surface area contributed by atoms with Crippen molar-refractivity contribution in [3.63, 3.8) is 0 Å². The Morgan fingerprint density at radius 1 is 1.12 bits per heavy atom. The molecule has 1 amide bonds. The van der Waals surface area contributed by atoms with Crippen LogP contribution in [0.1, 0.15) is 34.8 Å². The Kier molecular flexibility index (Phi) is 4.47. The Morgan fingerprint density at radius 3 is 2.58 bits per heavy atom. The van der Waals surface area contributed by atoms with Gasteiger partial charge in [-0.1, -0.05) is 6.07 Å². The number of hydrogen-bond donors (Lipinski definition) is 2. The van der Waals surface area contributed by atoms with Crippen molar-refractivity contribution in [3.8, 4) is 0 Å². The molecule has 2 N–H and O–H groups in total. The fourth-order valence-corrected chi connectivity index (χ4v) is 3.60. The van der Waals surface area contributed by atoms with E-state index in [9.17, 15) is 9.18 Å². The zero-order valence-corrected chi connectivity index (χ0v) is 14.8. The Hall–Kier alpha value is -2.66. The largest absolute Gasteiger partial charge is 0.351 e. The van der Waals surface area contributed by atoms with Crippen LogP contribution in [-0.4, -0.2) is 35.9 Å². The number of likely N-dealkylation sites (tertiary alicyclic amines) is 1. The number of carbonyl (C=O) groups excluding carboxylic acids is 1. The highest BCUT2D eigenvalue weighted by atomic mass is 19.1. The number of anilines is 1. The zero-order valence-electron chi connectivity index (χ0n) is 14.8. The number of aromatic nitrogens is 1. The maximum Gasteiger partial charge on any atom is 0.272 e. The van der Waals surface area contributed by atoms with Gasteiger partial charge in [0.05, 0.1) is 0 Å². The number of nitrogens with one attached hydrogen (secondary N) is 2. The standard InChI is InChI=1S/C21H22FN3O/c1-25-10-8-14(9-11-25)15-2-7-19-16(12-15)13-20(24-19)21(26)23-18-5-3-17(22)4-6-18/h2-7,12-14,24H,8-11H2,1H3,(H,23,26). The maximum atomic E-state index is 13.0. The number of amides is 1. The normalized spacial score (nSPS) is 16.1. The molecule has 0 radical (unpaired) electrons. The third kappa shape index (κ3) is 3.48. The zero-order chi connectivity index (χ0) is 18.1. The van der Waals surface area contributed by atoms with Crippen molar-refractivity contribution in [2.24, 2.45) is 0 Å². The van der Waals surface area contributed by atoms with Crippen LogP contribution in [0, 0.1) is 5.82 Å². The van der Waals surface area contributed by atoms with Crippen molar-refractivity contribution in [1.82, 2.24) is 9.88 Å². The highest BCUT2D eigenvalue weighted by molar-refractivity contribution is 6.05. The summed E-state index contributed by atoms with van der Waals surface area (Å²) in [7, 11) is 2.16.